The Morgan fingerprint density at radius 2 is 1.79 bits per heavy atom. The van der Waals surface area contributed by atoms with Crippen LogP contribution in [0, 0.1) is 0 Å². The van der Waals surface area contributed by atoms with Crippen molar-refractivity contribution in [3.63, 3.8) is 0 Å². The predicted octanol–water partition coefficient (Wildman–Crippen LogP) is 4.21. The van der Waals surface area contributed by atoms with Crippen molar-refractivity contribution in [1.82, 2.24) is 0 Å². The first-order valence-electron chi connectivity index (χ1n) is 8.47. The van der Waals surface area contributed by atoms with E-state index in [-0.39, 0.29) is 23.1 Å². The molecule has 0 radical (unpaired) electrons. The Morgan fingerprint density at radius 1 is 1.03 bits per heavy atom. The highest BCUT2D eigenvalue weighted by Crippen LogP contribution is 2.31. The third-order valence-corrected chi connectivity index (χ3v) is 3.92. The van der Waals surface area contributed by atoms with Crippen molar-refractivity contribution in [1.29, 1.82) is 0 Å². The maximum Gasteiger partial charge on any atom is 0.387 e. The minimum absolute atomic E-state index is 0.0360. The van der Waals surface area contributed by atoms with Crippen LogP contribution in [-0.4, -0.2) is 32.7 Å². The highest BCUT2D eigenvalue weighted by Gasteiger charge is 2.24. The van der Waals surface area contributed by atoms with Crippen LogP contribution in [0.25, 0.3) is 6.08 Å². The second-order valence-electron chi connectivity index (χ2n) is 5.70. The monoisotopic (exact) mass is 401 g/mol. The summed E-state index contributed by atoms with van der Waals surface area (Å²) in [4.78, 5) is 16.2. The fourth-order valence-electron chi connectivity index (χ4n) is 2.59. The van der Waals surface area contributed by atoms with Gasteiger partial charge in [-0.2, -0.15) is 8.78 Å². The van der Waals surface area contributed by atoms with Gasteiger partial charge in [0.25, 0.3) is 0 Å². The van der Waals surface area contributed by atoms with E-state index in [1.807, 2.05) is 24.3 Å². The average molecular weight is 401 g/mol. The number of hydrogen-bond acceptors (Lipinski definition) is 6. The molecule has 0 aromatic heterocycles. The molecule has 0 fully saturated rings. The molecule has 2 aromatic carbocycles. The predicted molar refractivity (Wildman–Crippen MR) is 102 cm³/mol. The number of alkyl halides is 2. The average Bonchev–Trinajstić information content (AvgIpc) is 3.09. The van der Waals surface area contributed by atoms with E-state index < -0.39 is 12.6 Å². The van der Waals surface area contributed by atoms with Crippen LogP contribution in [0.2, 0.25) is 0 Å². The van der Waals surface area contributed by atoms with Gasteiger partial charge in [-0.15, -0.1) is 0 Å². The summed E-state index contributed by atoms with van der Waals surface area (Å²) in [5.41, 5.74) is 1.31. The van der Waals surface area contributed by atoms with Crippen molar-refractivity contribution in [2.75, 3.05) is 14.2 Å². The highest BCUT2D eigenvalue weighted by molar-refractivity contribution is 6.11. The van der Waals surface area contributed by atoms with E-state index in [0.29, 0.717) is 11.3 Å². The number of allylic oxidation sites excluding steroid dienone is 2. The summed E-state index contributed by atoms with van der Waals surface area (Å²) < 4.78 is 44.7. The Kier molecular flexibility index (Phi) is 6.23. The van der Waals surface area contributed by atoms with Gasteiger partial charge in [0.1, 0.15) is 5.75 Å². The van der Waals surface area contributed by atoms with Gasteiger partial charge in [0.2, 0.25) is 5.90 Å². The third kappa shape index (κ3) is 4.78. The van der Waals surface area contributed by atoms with Gasteiger partial charge in [-0.3, -0.25) is 0 Å². The molecule has 0 saturated carbocycles. The van der Waals surface area contributed by atoms with Gasteiger partial charge in [0.15, 0.2) is 17.2 Å². The van der Waals surface area contributed by atoms with Crippen LogP contribution in [0.3, 0.4) is 0 Å². The number of para-hydroxylation sites is 1. The van der Waals surface area contributed by atoms with Gasteiger partial charge in [-0.25, -0.2) is 9.79 Å². The van der Waals surface area contributed by atoms with E-state index in [0.717, 1.165) is 5.56 Å². The summed E-state index contributed by atoms with van der Waals surface area (Å²) in [6.45, 7) is -2.99. The Labute approximate surface area is 165 Å². The van der Waals surface area contributed by atoms with Crippen LogP contribution >= 0.6 is 0 Å². The van der Waals surface area contributed by atoms with Crippen molar-refractivity contribution >= 4 is 17.9 Å². The Morgan fingerprint density at radius 3 is 2.52 bits per heavy atom. The zero-order valence-corrected chi connectivity index (χ0v) is 15.6. The molecule has 3 rings (SSSR count). The summed E-state index contributed by atoms with van der Waals surface area (Å²) in [5, 5.41) is 0. The van der Waals surface area contributed by atoms with E-state index in [9.17, 15) is 13.6 Å². The first kappa shape index (κ1) is 20.1. The molecule has 0 amide bonds. The molecule has 0 aliphatic carbocycles. The Balaban J connectivity index is 1.82. The highest BCUT2D eigenvalue weighted by atomic mass is 19.3. The molecule has 1 heterocycles. The van der Waals surface area contributed by atoms with Crippen molar-refractivity contribution in [3.8, 4) is 17.2 Å². The molecule has 1 aliphatic rings. The third-order valence-electron chi connectivity index (χ3n) is 3.92. The van der Waals surface area contributed by atoms with Gasteiger partial charge in [0.05, 0.1) is 14.2 Å². The molecule has 0 atom stereocenters. The first-order valence-corrected chi connectivity index (χ1v) is 8.47. The molecule has 1 aliphatic heterocycles. The lowest BCUT2D eigenvalue weighted by Crippen LogP contribution is -2.07. The number of cyclic esters (lactones) is 1. The summed E-state index contributed by atoms with van der Waals surface area (Å²) in [6.07, 6.45) is 4.93. The normalized spacial score (nSPS) is 15.0. The number of ether oxygens (including phenoxy) is 4. The minimum Gasteiger partial charge on any atom is -0.496 e. The molecule has 2 aromatic rings. The molecule has 0 spiro atoms. The standard InChI is InChI=1S/C21H17F2NO5/c1-26-16-9-4-3-6-13(16)7-5-8-15-20(25)29-19(24-15)14-10-11-17(28-21(22)23)18(12-14)27-2/h3-12,21H,1-2H3/b7-5+,15-8-. The summed E-state index contributed by atoms with van der Waals surface area (Å²) >= 11 is 0. The van der Waals surface area contributed by atoms with Gasteiger partial charge in [0, 0.05) is 11.1 Å². The zero-order valence-electron chi connectivity index (χ0n) is 15.6. The summed E-state index contributed by atoms with van der Waals surface area (Å²) in [5.74, 6) is 0.0330. The second-order valence-corrected chi connectivity index (χ2v) is 5.70. The SMILES string of the molecule is COc1ccccc1/C=C/C=C1\N=C(c2ccc(OC(F)F)c(OC)c2)OC1=O. The molecule has 150 valence electrons. The fourth-order valence-corrected chi connectivity index (χ4v) is 2.59. The van der Waals surface area contributed by atoms with Crippen molar-refractivity contribution < 1.29 is 32.5 Å². The molecular formula is C21H17F2NO5. The minimum atomic E-state index is -2.99. The van der Waals surface area contributed by atoms with E-state index in [2.05, 4.69) is 9.73 Å². The number of nitrogens with zero attached hydrogens (tertiary/aromatic N) is 1. The van der Waals surface area contributed by atoms with Crippen LogP contribution in [0.5, 0.6) is 17.2 Å². The number of halogens is 2. The lowest BCUT2D eigenvalue weighted by molar-refractivity contribution is -0.130. The van der Waals surface area contributed by atoms with Crippen molar-refractivity contribution in [2.45, 2.75) is 6.61 Å². The van der Waals surface area contributed by atoms with Gasteiger partial charge < -0.3 is 18.9 Å². The lowest BCUT2D eigenvalue weighted by atomic mass is 10.2. The second kappa shape index (κ2) is 9.01. The van der Waals surface area contributed by atoms with Crippen LogP contribution in [0.4, 0.5) is 8.78 Å². The molecule has 0 N–H and O–H groups in total. The maximum absolute atomic E-state index is 12.4. The fraction of sp³-hybridized carbons (Fsp3) is 0.143. The lowest BCUT2D eigenvalue weighted by Gasteiger charge is -2.10. The molecule has 8 heteroatoms. The molecule has 0 saturated heterocycles. The van der Waals surface area contributed by atoms with Gasteiger partial charge >= 0.3 is 12.6 Å². The van der Waals surface area contributed by atoms with E-state index >= 15 is 0 Å². The number of methoxy groups -OCH3 is 2. The van der Waals surface area contributed by atoms with Gasteiger partial charge in [-0.1, -0.05) is 30.4 Å². The van der Waals surface area contributed by atoms with E-state index in [1.54, 1.807) is 19.3 Å². The topological polar surface area (TPSA) is 66.3 Å². The number of rotatable bonds is 7. The van der Waals surface area contributed by atoms with Crippen LogP contribution in [0.15, 0.2) is 65.3 Å². The molecule has 6 nitrogen and oxygen atoms in total. The van der Waals surface area contributed by atoms with Crippen LogP contribution in [0.1, 0.15) is 11.1 Å². The Bertz CT molecular complexity index is 998. The zero-order chi connectivity index (χ0) is 20.8. The summed E-state index contributed by atoms with van der Waals surface area (Å²) in [6, 6.07) is 11.5. The molecular weight excluding hydrogens is 384 g/mol. The number of carbonyl (C=O) groups is 1. The molecule has 29 heavy (non-hydrogen) atoms. The van der Waals surface area contributed by atoms with E-state index in [4.69, 9.17) is 14.2 Å². The largest absolute Gasteiger partial charge is 0.496 e. The number of aliphatic imine (C=N–C) groups is 1. The summed E-state index contributed by atoms with van der Waals surface area (Å²) in [7, 11) is 2.88. The van der Waals surface area contributed by atoms with Crippen molar-refractivity contribution in [2.24, 2.45) is 4.99 Å². The molecule has 0 bridgehead atoms. The van der Waals surface area contributed by atoms with Crippen LogP contribution < -0.4 is 14.2 Å². The smallest absolute Gasteiger partial charge is 0.387 e. The number of esters is 1. The first-order chi connectivity index (χ1) is 14.0. The van der Waals surface area contributed by atoms with Gasteiger partial charge in [-0.05, 0) is 30.3 Å². The number of hydrogen-bond donors (Lipinski definition) is 0. The molecule has 0 unspecified atom stereocenters. The quantitative estimate of drug-likeness (QED) is 0.514. The Hall–Kier alpha value is -3.68. The number of benzene rings is 2. The maximum atomic E-state index is 12.4. The van der Waals surface area contributed by atoms with E-state index in [1.165, 1.54) is 31.4 Å². The number of carbonyl (C=O) groups excluding carboxylic acids is 1. The van der Waals surface area contributed by atoms with Crippen molar-refractivity contribution in [3.05, 3.63) is 71.4 Å². The van der Waals surface area contributed by atoms with Crippen LogP contribution in [-0.2, 0) is 9.53 Å².